The van der Waals surface area contributed by atoms with Crippen LogP contribution in [0.3, 0.4) is 0 Å². The van der Waals surface area contributed by atoms with Gasteiger partial charge in [0.25, 0.3) is 0 Å². The zero-order valence-corrected chi connectivity index (χ0v) is 19.3. The van der Waals surface area contributed by atoms with Gasteiger partial charge in [-0.25, -0.2) is 4.79 Å². The molecule has 1 aromatic carbocycles. The third-order valence-corrected chi connectivity index (χ3v) is 6.00. The summed E-state index contributed by atoms with van der Waals surface area (Å²) in [5, 5.41) is 32.7. The van der Waals surface area contributed by atoms with Crippen molar-refractivity contribution < 1.29 is 29.6 Å². The molecule has 0 aliphatic heterocycles. The molecule has 4 N–H and O–H groups in total. The molecule has 2 rings (SSSR count). The number of unbranched alkanes of at least 4 members (excludes halogenated alkanes) is 1. The van der Waals surface area contributed by atoms with Gasteiger partial charge in [0.15, 0.2) is 0 Å². The van der Waals surface area contributed by atoms with E-state index in [4.69, 9.17) is 9.84 Å². The van der Waals surface area contributed by atoms with Gasteiger partial charge in [0.2, 0.25) is 5.91 Å². The lowest BCUT2D eigenvalue weighted by Crippen LogP contribution is -2.22. The highest BCUT2D eigenvalue weighted by molar-refractivity contribution is 5.75. The lowest BCUT2D eigenvalue weighted by molar-refractivity contribution is -0.121. The Labute approximate surface area is 196 Å². The summed E-state index contributed by atoms with van der Waals surface area (Å²) in [4.78, 5) is 22.6. The van der Waals surface area contributed by atoms with Crippen LogP contribution in [0, 0.1) is 11.8 Å². The lowest BCUT2D eigenvalue weighted by Gasteiger charge is -2.20. The van der Waals surface area contributed by atoms with Crippen LogP contribution in [-0.4, -0.2) is 52.2 Å². The summed E-state index contributed by atoms with van der Waals surface area (Å²) in [6, 6.07) is 9.77. The van der Waals surface area contributed by atoms with Gasteiger partial charge in [-0.3, -0.25) is 4.79 Å². The summed E-state index contributed by atoms with van der Waals surface area (Å²) in [7, 11) is 0. The average Bonchev–Trinajstić information content (AvgIpc) is 3.05. The second-order valence-corrected chi connectivity index (χ2v) is 8.50. The number of aliphatic hydroxyl groups is 2. The van der Waals surface area contributed by atoms with Crippen LogP contribution in [0.2, 0.25) is 0 Å². The molecule has 1 amide bonds. The average molecular weight is 460 g/mol. The molecule has 0 saturated heterocycles. The Hall–Kier alpha value is -2.64. The zero-order chi connectivity index (χ0) is 24.1. The Morgan fingerprint density at radius 3 is 2.64 bits per heavy atom. The standard InChI is InChI=1S/C26H37NO6/c1-2-27-25(30)13-9-4-3-8-12-21-22(24(29)18-23(21)28)17-16-20(33-26(31)32)15-14-19-10-6-5-7-11-19/h3,5-8,10-11,16-17,20-24,28-29H,2,4,9,12-15,18H2,1H3,(H,27,30)(H,31,32)/t20-,21+,22+,23-,24+/m0/s1. The third kappa shape index (κ3) is 9.80. The van der Waals surface area contributed by atoms with Crippen LogP contribution in [0.1, 0.15) is 51.0 Å². The molecule has 1 saturated carbocycles. The molecule has 1 fully saturated rings. The molecule has 33 heavy (non-hydrogen) atoms. The lowest BCUT2D eigenvalue weighted by atomic mass is 9.89. The molecule has 0 aromatic heterocycles. The van der Waals surface area contributed by atoms with Gasteiger partial charge in [-0.15, -0.1) is 0 Å². The fourth-order valence-electron chi connectivity index (χ4n) is 4.27. The van der Waals surface area contributed by atoms with Crippen molar-refractivity contribution in [2.24, 2.45) is 11.8 Å². The van der Waals surface area contributed by atoms with E-state index in [0.717, 1.165) is 18.4 Å². The van der Waals surface area contributed by atoms with Crippen LogP contribution in [0.4, 0.5) is 4.79 Å². The number of aliphatic hydroxyl groups excluding tert-OH is 2. The number of rotatable bonds is 13. The maximum Gasteiger partial charge on any atom is 0.506 e. The van der Waals surface area contributed by atoms with Crippen LogP contribution >= 0.6 is 0 Å². The van der Waals surface area contributed by atoms with E-state index < -0.39 is 24.5 Å². The number of benzene rings is 1. The molecular weight excluding hydrogens is 422 g/mol. The summed E-state index contributed by atoms with van der Waals surface area (Å²) in [5.74, 6) is -0.386. The van der Waals surface area contributed by atoms with Crippen molar-refractivity contribution in [2.45, 2.75) is 70.2 Å². The van der Waals surface area contributed by atoms with Gasteiger partial charge in [-0.2, -0.15) is 0 Å². The number of carboxylic acid groups (broad SMARTS) is 1. The van der Waals surface area contributed by atoms with Crippen LogP contribution < -0.4 is 5.32 Å². The molecule has 0 bridgehead atoms. The first-order valence-electron chi connectivity index (χ1n) is 11.8. The van der Waals surface area contributed by atoms with Crippen molar-refractivity contribution in [1.29, 1.82) is 0 Å². The summed E-state index contributed by atoms with van der Waals surface area (Å²) >= 11 is 0. The number of hydrogen-bond acceptors (Lipinski definition) is 5. The molecule has 1 aliphatic rings. The van der Waals surface area contributed by atoms with Gasteiger partial charge < -0.3 is 25.4 Å². The minimum atomic E-state index is -1.34. The van der Waals surface area contributed by atoms with Crippen LogP contribution in [0.15, 0.2) is 54.6 Å². The fourth-order valence-corrected chi connectivity index (χ4v) is 4.27. The first kappa shape index (κ1) is 26.6. The number of amides is 1. The minimum absolute atomic E-state index is 0.0517. The molecular formula is C26H37NO6. The van der Waals surface area contributed by atoms with Crippen molar-refractivity contribution in [3.05, 3.63) is 60.2 Å². The number of hydrogen-bond donors (Lipinski definition) is 4. The van der Waals surface area contributed by atoms with E-state index in [1.165, 1.54) is 0 Å². The molecule has 1 aromatic rings. The molecule has 0 spiro atoms. The van der Waals surface area contributed by atoms with Gasteiger partial charge in [0, 0.05) is 25.3 Å². The second-order valence-electron chi connectivity index (χ2n) is 8.50. The molecule has 7 heteroatoms. The topological polar surface area (TPSA) is 116 Å². The largest absolute Gasteiger partial charge is 0.506 e. The summed E-state index contributed by atoms with van der Waals surface area (Å²) < 4.78 is 5.03. The summed E-state index contributed by atoms with van der Waals surface area (Å²) in [5.41, 5.74) is 1.09. The Morgan fingerprint density at radius 2 is 1.94 bits per heavy atom. The third-order valence-electron chi connectivity index (χ3n) is 6.00. The predicted molar refractivity (Wildman–Crippen MR) is 127 cm³/mol. The first-order valence-corrected chi connectivity index (χ1v) is 11.8. The molecule has 0 heterocycles. The van der Waals surface area contributed by atoms with Gasteiger partial charge in [-0.1, -0.05) is 48.6 Å². The van der Waals surface area contributed by atoms with E-state index in [2.05, 4.69) is 5.32 Å². The SMILES string of the molecule is CCNC(=O)CCCC=CC[C@@H]1[C@@H](C=C[C@H](CCc2ccccc2)OC(=O)O)[C@H](O)C[C@@H]1O. The zero-order valence-electron chi connectivity index (χ0n) is 19.3. The number of allylic oxidation sites excluding steroid dienone is 2. The van der Waals surface area contributed by atoms with Crippen molar-refractivity contribution in [2.75, 3.05) is 6.54 Å². The molecule has 0 radical (unpaired) electrons. The number of carbonyl (C=O) groups is 2. The van der Waals surface area contributed by atoms with Crippen LogP contribution in [0.5, 0.6) is 0 Å². The van der Waals surface area contributed by atoms with E-state index in [9.17, 15) is 19.8 Å². The smallest absolute Gasteiger partial charge is 0.450 e. The predicted octanol–water partition coefficient (Wildman–Crippen LogP) is 3.85. The monoisotopic (exact) mass is 459 g/mol. The van der Waals surface area contributed by atoms with Crippen molar-refractivity contribution in [1.82, 2.24) is 5.32 Å². The number of aryl methyl sites for hydroxylation is 1. The highest BCUT2D eigenvalue weighted by Gasteiger charge is 2.39. The first-order chi connectivity index (χ1) is 15.9. The Balaban J connectivity index is 1.91. The van der Waals surface area contributed by atoms with Crippen molar-refractivity contribution in [3.8, 4) is 0 Å². The van der Waals surface area contributed by atoms with Crippen LogP contribution in [-0.2, 0) is 16.0 Å². The number of ether oxygens (including phenoxy) is 1. The molecule has 7 nitrogen and oxygen atoms in total. The highest BCUT2D eigenvalue weighted by atomic mass is 16.7. The molecule has 182 valence electrons. The molecule has 5 atom stereocenters. The summed E-state index contributed by atoms with van der Waals surface area (Å²) in [6.07, 6.45) is 8.30. The van der Waals surface area contributed by atoms with Crippen molar-refractivity contribution in [3.63, 3.8) is 0 Å². The Kier molecular flexibility index (Phi) is 11.7. The van der Waals surface area contributed by atoms with E-state index in [1.807, 2.05) is 49.4 Å². The van der Waals surface area contributed by atoms with E-state index >= 15 is 0 Å². The van der Waals surface area contributed by atoms with E-state index in [-0.39, 0.29) is 17.7 Å². The van der Waals surface area contributed by atoms with Gasteiger partial charge in [-0.05, 0) is 56.6 Å². The second kappa shape index (κ2) is 14.5. The minimum Gasteiger partial charge on any atom is -0.450 e. The normalized spacial score (nSPS) is 23.7. The maximum absolute atomic E-state index is 11.5. The van der Waals surface area contributed by atoms with Gasteiger partial charge in [0.05, 0.1) is 12.2 Å². The highest BCUT2D eigenvalue weighted by Crippen LogP contribution is 2.36. The van der Waals surface area contributed by atoms with E-state index in [0.29, 0.717) is 38.6 Å². The maximum atomic E-state index is 11.5. The Bertz CT molecular complexity index is 778. The Morgan fingerprint density at radius 1 is 1.18 bits per heavy atom. The van der Waals surface area contributed by atoms with Gasteiger partial charge in [0.1, 0.15) is 6.10 Å². The van der Waals surface area contributed by atoms with E-state index in [1.54, 1.807) is 12.2 Å². The van der Waals surface area contributed by atoms with Crippen LogP contribution in [0.25, 0.3) is 0 Å². The number of nitrogens with one attached hydrogen (secondary N) is 1. The molecule has 0 unspecified atom stereocenters. The molecule has 1 aliphatic carbocycles. The number of carbonyl (C=O) groups excluding carboxylic acids is 1. The van der Waals surface area contributed by atoms with Crippen molar-refractivity contribution >= 4 is 12.1 Å². The quantitative estimate of drug-likeness (QED) is 0.202. The summed E-state index contributed by atoms with van der Waals surface area (Å²) in [6.45, 7) is 2.53. The fraction of sp³-hybridized carbons (Fsp3) is 0.538. The van der Waals surface area contributed by atoms with Gasteiger partial charge >= 0.3 is 6.16 Å².